The molecule has 1 heterocycles. The average Bonchev–Trinajstić information content (AvgIpc) is 2.88. The van der Waals surface area contributed by atoms with Crippen LogP contribution in [-0.4, -0.2) is 79.4 Å². The molecule has 2 N–H and O–H groups in total. The molecular formula is C13H25N3O4. The summed E-state index contributed by atoms with van der Waals surface area (Å²) in [4.78, 5) is 26.9. The topological polar surface area (TPSA) is 82.1 Å². The minimum atomic E-state index is -0.913. The van der Waals surface area contributed by atoms with Gasteiger partial charge in [0.2, 0.25) is 0 Å². The summed E-state index contributed by atoms with van der Waals surface area (Å²) < 4.78 is 5.21. The van der Waals surface area contributed by atoms with E-state index in [1.807, 2.05) is 20.9 Å². The standard InChI is InChI=1S/C13H25N3O4/c1-4-15(3)7-6-14-13(19)16(5-2)11-9-20-8-10(11)12(17)18/h10-11H,4-9H2,1-3H3,(H,14,19)(H,17,18). The first-order valence-corrected chi connectivity index (χ1v) is 7.04. The lowest BCUT2D eigenvalue weighted by Gasteiger charge is -2.29. The second kappa shape index (κ2) is 8.06. The Hall–Kier alpha value is -1.34. The molecule has 1 fully saturated rings. The molecular weight excluding hydrogens is 262 g/mol. The number of carbonyl (C=O) groups excluding carboxylic acids is 1. The third-order valence-corrected chi connectivity index (χ3v) is 3.68. The largest absolute Gasteiger partial charge is 0.481 e. The molecule has 116 valence electrons. The average molecular weight is 287 g/mol. The molecule has 2 unspecified atom stereocenters. The van der Waals surface area contributed by atoms with E-state index in [-0.39, 0.29) is 25.3 Å². The van der Waals surface area contributed by atoms with Crippen molar-refractivity contribution in [1.82, 2.24) is 15.1 Å². The fourth-order valence-electron chi connectivity index (χ4n) is 2.23. The lowest BCUT2D eigenvalue weighted by molar-refractivity contribution is -0.142. The molecule has 0 aromatic rings. The number of carboxylic acid groups (broad SMARTS) is 1. The Morgan fingerprint density at radius 1 is 1.30 bits per heavy atom. The molecule has 1 aliphatic heterocycles. The molecule has 2 amide bonds. The van der Waals surface area contributed by atoms with Gasteiger partial charge in [-0.3, -0.25) is 4.79 Å². The van der Waals surface area contributed by atoms with Gasteiger partial charge in [0.05, 0.1) is 19.3 Å². The van der Waals surface area contributed by atoms with E-state index in [1.165, 1.54) is 0 Å². The van der Waals surface area contributed by atoms with Gasteiger partial charge in [0.25, 0.3) is 0 Å². The molecule has 20 heavy (non-hydrogen) atoms. The SMILES string of the molecule is CCN(C)CCNC(=O)N(CC)C1COCC1C(=O)O. The Kier molecular flexibility index (Phi) is 6.74. The molecule has 0 bridgehead atoms. The molecule has 7 heteroatoms. The van der Waals surface area contributed by atoms with Gasteiger partial charge < -0.3 is 25.0 Å². The maximum Gasteiger partial charge on any atom is 0.317 e. The Morgan fingerprint density at radius 2 is 2.00 bits per heavy atom. The summed E-state index contributed by atoms with van der Waals surface area (Å²) >= 11 is 0. The van der Waals surface area contributed by atoms with Gasteiger partial charge in [-0.25, -0.2) is 4.79 Å². The summed E-state index contributed by atoms with van der Waals surface area (Å²) in [5.41, 5.74) is 0. The zero-order valence-corrected chi connectivity index (χ0v) is 12.5. The first-order chi connectivity index (χ1) is 9.51. The molecule has 2 atom stereocenters. The number of aliphatic carboxylic acids is 1. The van der Waals surface area contributed by atoms with Gasteiger partial charge in [-0.15, -0.1) is 0 Å². The number of hydrogen-bond donors (Lipinski definition) is 2. The first kappa shape index (κ1) is 16.7. The van der Waals surface area contributed by atoms with Crippen molar-refractivity contribution in [2.24, 2.45) is 5.92 Å². The highest BCUT2D eigenvalue weighted by Gasteiger charge is 2.39. The highest BCUT2D eigenvalue weighted by Crippen LogP contribution is 2.20. The second-order valence-corrected chi connectivity index (χ2v) is 4.96. The van der Waals surface area contributed by atoms with E-state index in [1.54, 1.807) is 4.90 Å². The fraction of sp³-hybridized carbons (Fsp3) is 0.846. The Bertz CT molecular complexity index is 338. The first-order valence-electron chi connectivity index (χ1n) is 7.04. The molecule has 0 spiro atoms. The molecule has 0 radical (unpaired) electrons. The third-order valence-electron chi connectivity index (χ3n) is 3.68. The number of carbonyl (C=O) groups is 2. The van der Waals surface area contributed by atoms with E-state index in [4.69, 9.17) is 9.84 Å². The van der Waals surface area contributed by atoms with Crippen molar-refractivity contribution in [3.63, 3.8) is 0 Å². The van der Waals surface area contributed by atoms with Crippen LogP contribution >= 0.6 is 0 Å². The van der Waals surface area contributed by atoms with Crippen molar-refractivity contribution in [3.8, 4) is 0 Å². The summed E-state index contributed by atoms with van der Waals surface area (Å²) in [6, 6.07) is -0.611. The van der Waals surface area contributed by atoms with Crippen molar-refractivity contribution in [1.29, 1.82) is 0 Å². The third kappa shape index (κ3) is 4.35. The molecule has 1 rings (SSSR count). The lowest BCUT2D eigenvalue weighted by Crippen LogP contribution is -2.51. The van der Waals surface area contributed by atoms with Crippen molar-refractivity contribution >= 4 is 12.0 Å². The zero-order chi connectivity index (χ0) is 15.1. The number of ether oxygens (including phenoxy) is 1. The predicted molar refractivity (Wildman–Crippen MR) is 74.7 cm³/mol. The maximum absolute atomic E-state index is 12.1. The summed E-state index contributed by atoms with van der Waals surface area (Å²) in [6.07, 6.45) is 0. The highest BCUT2D eigenvalue weighted by atomic mass is 16.5. The zero-order valence-electron chi connectivity index (χ0n) is 12.5. The Labute approximate surface area is 119 Å². The van der Waals surface area contributed by atoms with Crippen LogP contribution in [0, 0.1) is 5.92 Å². The minimum Gasteiger partial charge on any atom is -0.481 e. The van der Waals surface area contributed by atoms with E-state index in [9.17, 15) is 9.59 Å². The van der Waals surface area contributed by atoms with E-state index < -0.39 is 11.9 Å². The summed E-state index contributed by atoms with van der Waals surface area (Å²) in [5, 5.41) is 12.0. The second-order valence-electron chi connectivity index (χ2n) is 4.96. The highest BCUT2D eigenvalue weighted by molar-refractivity contribution is 5.77. The number of hydrogen-bond acceptors (Lipinski definition) is 4. The van der Waals surface area contributed by atoms with E-state index in [0.717, 1.165) is 13.1 Å². The summed E-state index contributed by atoms with van der Waals surface area (Å²) in [6.45, 7) is 7.05. The molecule has 0 aromatic carbocycles. The van der Waals surface area contributed by atoms with Crippen LogP contribution < -0.4 is 5.32 Å². The van der Waals surface area contributed by atoms with Crippen molar-refractivity contribution in [2.45, 2.75) is 19.9 Å². The summed E-state index contributed by atoms with van der Waals surface area (Å²) in [7, 11) is 1.98. The van der Waals surface area contributed by atoms with Gasteiger partial charge in [-0.05, 0) is 20.5 Å². The normalized spacial score (nSPS) is 22.0. The van der Waals surface area contributed by atoms with Crippen LogP contribution in [0.25, 0.3) is 0 Å². The van der Waals surface area contributed by atoms with Crippen LogP contribution in [0.1, 0.15) is 13.8 Å². The molecule has 0 aliphatic carbocycles. The van der Waals surface area contributed by atoms with Crippen molar-refractivity contribution in [3.05, 3.63) is 0 Å². The van der Waals surface area contributed by atoms with Crippen LogP contribution in [0.3, 0.4) is 0 Å². The maximum atomic E-state index is 12.1. The molecule has 0 aromatic heterocycles. The Balaban J connectivity index is 2.52. The van der Waals surface area contributed by atoms with Crippen LogP contribution in [0.15, 0.2) is 0 Å². The van der Waals surface area contributed by atoms with Crippen LogP contribution in [0.5, 0.6) is 0 Å². The van der Waals surface area contributed by atoms with Crippen molar-refractivity contribution in [2.75, 3.05) is 46.4 Å². The van der Waals surface area contributed by atoms with Gasteiger partial charge in [0, 0.05) is 19.6 Å². The number of nitrogens with one attached hydrogen (secondary N) is 1. The number of likely N-dealkylation sites (N-methyl/N-ethyl adjacent to an activating group) is 2. The number of amides is 2. The number of rotatable bonds is 7. The fourth-order valence-corrected chi connectivity index (χ4v) is 2.23. The predicted octanol–water partition coefficient (Wildman–Crippen LogP) is 0.0692. The number of carboxylic acids is 1. The van der Waals surface area contributed by atoms with Crippen LogP contribution in [0.4, 0.5) is 4.79 Å². The Morgan fingerprint density at radius 3 is 2.55 bits per heavy atom. The molecule has 0 saturated carbocycles. The summed E-state index contributed by atoms with van der Waals surface area (Å²) in [5.74, 6) is -1.55. The van der Waals surface area contributed by atoms with Crippen molar-refractivity contribution < 1.29 is 19.4 Å². The van der Waals surface area contributed by atoms with Gasteiger partial charge >= 0.3 is 12.0 Å². The smallest absolute Gasteiger partial charge is 0.317 e. The van der Waals surface area contributed by atoms with Crippen LogP contribution in [-0.2, 0) is 9.53 Å². The lowest BCUT2D eigenvalue weighted by atomic mass is 10.0. The number of nitrogens with zero attached hydrogens (tertiary/aromatic N) is 2. The van der Waals surface area contributed by atoms with E-state index in [0.29, 0.717) is 13.1 Å². The minimum absolute atomic E-state index is 0.169. The van der Waals surface area contributed by atoms with E-state index >= 15 is 0 Å². The quantitative estimate of drug-likeness (QED) is 0.692. The van der Waals surface area contributed by atoms with Gasteiger partial charge in [-0.1, -0.05) is 6.92 Å². The number of urea groups is 1. The van der Waals surface area contributed by atoms with Gasteiger partial charge in [0.15, 0.2) is 0 Å². The van der Waals surface area contributed by atoms with E-state index in [2.05, 4.69) is 10.2 Å². The molecule has 1 aliphatic rings. The van der Waals surface area contributed by atoms with Crippen LogP contribution in [0.2, 0.25) is 0 Å². The van der Waals surface area contributed by atoms with Gasteiger partial charge in [-0.2, -0.15) is 0 Å². The monoisotopic (exact) mass is 287 g/mol. The molecule has 7 nitrogen and oxygen atoms in total. The molecule has 1 saturated heterocycles. The van der Waals surface area contributed by atoms with Gasteiger partial charge in [0.1, 0.15) is 5.92 Å².